The fraction of sp³-hybridized carbons (Fsp3) is 0.667. The van der Waals surface area contributed by atoms with Gasteiger partial charge in [-0.05, 0) is 37.8 Å². The molecule has 0 radical (unpaired) electrons. The highest BCUT2D eigenvalue weighted by atomic mass is 16.5. The zero-order chi connectivity index (χ0) is 13.5. The third kappa shape index (κ3) is 4.80. The van der Waals surface area contributed by atoms with E-state index in [1.54, 1.807) is 6.20 Å². The van der Waals surface area contributed by atoms with Gasteiger partial charge in [0.1, 0.15) is 12.4 Å². The average Bonchev–Trinajstić information content (AvgIpc) is 2.47. The van der Waals surface area contributed by atoms with Crippen LogP contribution in [0, 0.1) is 0 Å². The zero-order valence-electron chi connectivity index (χ0n) is 11.7. The van der Waals surface area contributed by atoms with Crippen LogP contribution in [0.1, 0.15) is 38.3 Å². The molecule has 0 aromatic carbocycles. The van der Waals surface area contributed by atoms with Crippen LogP contribution < -0.4 is 10.5 Å². The average molecular weight is 264 g/mol. The van der Waals surface area contributed by atoms with Gasteiger partial charge in [-0.2, -0.15) is 0 Å². The molecule has 1 aromatic heterocycles. The summed E-state index contributed by atoms with van der Waals surface area (Å²) < 4.78 is 11.3. The largest absolute Gasteiger partial charge is 0.489 e. The Bertz CT molecular complexity index is 361. The van der Waals surface area contributed by atoms with Gasteiger partial charge in [0.15, 0.2) is 0 Å². The lowest BCUT2D eigenvalue weighted by molar-refractivity contribution is -0.0111. The molecule has 1 aromatic rings. The lowest BCUT2D eigenvalue weighted by Gasteiger charge is -2.22. The van der Waals surface area contributed by atoms with Crippen LogP contribution in [0.5, 0.6) is 5.75 Å². The van der Waals surface area contributed by atoms with Gasteiger partial charge in [-0.25, -0.2) is 0 Å². The minimum absolute atomic E-state index is 0.190. The minimum Gasteiger partial charge on any atom is -0.489 e. The summed E-state index contributed by atoms with van der Waals surface area (Å²) in [4.78, 5) is 4.38. The molecule has 2 unspecified atom stereocenters. The maximum Gasteiger partial charge on any atom is 0.137 e. The molecule has 1 fully saturated rings. The van der Waals surface area contributed by atoms with E-state index in [1.165, 1.54) is 12.8 Å². The van der Waals surface area contributed by atoms with Crippen LogP contribution in [0.3, 0.4) is 0 Å². The van der Waals surface area contributed by atoms with Gasteiger partial charge in [0.05, 0.1) is 12.3 Å². The van der Waals surface area contributed by atoms with Crippen molar-refractivity contribution in [3.8, 4) is 5.75 Å². The Morgan fingerprint density at radius 2 is 2.37 bits per heavy atom. The molecule has 0 saturated carbocycles. The second kappa shape index (κ2) is 7.46. The number of hydrogen-bond acceptors (Lipinski definition) is 4. The Morgan fingerprint density at radius 1 is 1.47 bits per heavy atom. The number of hydrogen-bond donors (Lipinski definition) is 1. The van der Waals surface area contributed by atoms with Crippen LogP contribution in [0.2, 0.25) is 0 Å². The molecular formula is C15H24N2O2. The lowest BCUT2D eigenvalue weighted by atomic mass is 10.1. The van der Waals surface area contributed by atoms with Crippen LogP contribution >= 0.6 is 0 Å². The first-order valence-corrected chi connectivity index (χ1v) is 7.23. The molecule has 106 valence electrons. The third-order valence-electron chi connectivity index (χ3n) is 3.50. The maximum absolute atomic E-state index is 5.91. The fourth-order valence-corrected chi connectivity index (χ4v) is 2.16. The van der Waals surface area contributed by atoms with Crippen LogP contribution in [-0.4, -0.2) is 30.3 Å². The summed E-state index contributed by atoms with van der Waals surface area (Å²) in [5.74, 6) is 0.808. The van der Waals surface area contributed by atoms with Crippen LogP contribution in [-0.2, 0) is 11.2 Å². The van der Waals surface area contributed by atoms with Crippen molar-refractivity contribution in [1.82, 2.24) is 4.98 Å². The quantitative estimate of drug-likeness (QED) is 0.856. The first-order chi connectivity index (χ1) is 9.28. The van der Waals surface area contributed by atoms with E-state index in [4.69, 9.17) is 15.2 Å². The second-order valence-corrected chi connectivity index (χ2v) is 5.16. The monoisotopic (exact) mass is 264 g/mol. The van der Waals surface area contributed by atoms with Crippen LogP contribution in [0.25, 0.3) is 0 Å². The van der Waals surface area contributed by atoms with E-state index >= 15 is 0 Å². The van der Waals surface area contributed by atoms with Gasteiger partial charge in [-0.15, -0.1) is 0 Å². The Morgan fingerprint density at radius 3 is 3.00 bits per heavy atom. The number of nitrogens with two attached hydrogens (primary N) is 1. The number of rotatable bonds is 6. The van der Waals surface area contributed by atoms with Crippen LogP contribution in [0.4, 0.5) is 0 Å². The smallest absolute Gasteiger partial charge is 0.137 e. The Balaban J connectivity index is 1.77. The van der Waals surface area contributed by atoms with Crippen molar-refractivity contribution in [2.24, 2.45) is 5.73 Å². The summed E-state index contributed by atoms with van der Waals surface area (Å²) in [7, 11) is 0. The highest BCUT2D eigenvalue weighted by Crippen LogP contribution is 2.16. The van der Waals surface area contributed by atoms with E-state index in [2.05, 4.69) is 11.9 Å². The SMILES string of the molecule is CCC(N)Cc1ccc(OCC2CCCCO2)cn1. The van der Waals surface area contributed by atoms with Gasteiger partial charge in [-0.1, -0.05) is 6.92 Å². The summed E-state index contributed by atoms with van der Waals surface area (Å²) in [5, 5.41) is 0. The molecule has 2 atom stereocenters. The highest BCUT2D eigenvalue weighted by Gasteiger charge is 2.14. The van der Waals surface area contributed by atoms with E-state index < -0.39 is 0 Å². The predicted octanol–water partition coefficient (Wildman–Crippen LogP) is 2.31. The van der Waals surface area contributed by atoms with Crippen molar-refractivity contribution in [1.29, 1.82) is 0 Å². The maximum atomic E-state index is 5.91. The molecule has 0 bridgehead atoms. The molecule has 1 aliphatic heterocycles. The molecule has 4 heteroatoms. The van der Waals surface area contributed by atoms with Crippen molar-refractivity contribution in [3.05, 3.63) is 24.0 Å². The van der Waals surface area contributed by atoms with E-state index in [-0.39, 0.29) is 12.1 Å². The molecular weight excluding hydrogens is 240 g/mol. The molecule has 1 saturated heterocycles. The lowest BCUT2D eigenvalue weighted by Crippen LogP contribution is -2.25. The van der Waals surface area contributed by atoms with E-state index in [1.807, 2.05) is 12.1 Å². The Hall–Kier alpha value is -1.13. The van der Waals surface area contributed by atoms with Crippen molar-refractivity contribution < 1.29 is 9.47 Å². The van der Waals surface area contributed by atoms with Gasteiger partial charge >= 0.3 is 0 Å². The molecule has 19 heavy (non-hydrogen) atoms. The number of nitrogens with zero attached hydrogens (tertiary/aromatic N) is 1. The van der Waals surface area contributed by atoms with Crippen molar-refractivity contribution in [2.75, 3.05) is 13.2 Å². The molecule has 4 nitrogen and oxygen atoms in total. The first kappa shape index (κ1) is 14.3. The summed E-state index contributed by atoms with van der Waals surface area (Å²) in [6.45, 7) is 3.57. The van der Waals surface area contributed by atoms with Crippen molar-refractivity contribution in [3.63, 3.8) is 0 Å². The van der Waals surface area contributed by atoms with Gasteiger partial charge in [0.2, 0.25) is 0 Å². The summed E-state index contributed by atoms with van der Waals surface area (Å²) in [5.41, 5.74) is 6.94. The van der Waals surface area contributed by atoms with Gasteiger partial charge in [0, 0.05) is 24.8 Å². The van der Waals surface area contributed by atoms with E-state index in [9.17, 15) is 0 Å². The Kier molecular flexibility index (Phi) is 5.61. The normalized spacial score (nSPS) is 21.1. The van der Waals surface area contributed by atoms with Crippen molar-refractivity contribution >= 4 is 0 Å². The molecule has 1 aliphatic rings. The van der Waals surface area contributed by atoms with E-state index in [0.29, 0.717) is 6.61 Å². The third-order valence-corrected chi connectivity index (χ3v) is 3.50. The van der Waals surface area contributed by atoms with Crippen LogP contribution in [0.15, 0.2) is 18.3 Å². The van der Waals surface area contributed by atoms with Crippen molar-refractivity contribution in [2.45, 2.75) is 51.2 Å². The molecule has 0 amide bonds. The molecule has 2 N–H and O–H groups in total. The highest BCUT2D eigenvalue weighted by molar-refractivity contribution is 5.20. The predicted molar refractivity (Wildman–Crippen MR) is 75.3 cm³/mol. The molecule has 2 heterocycles. The summed E-state index contributed by atoms with van der Waals surface area (Å²) >= 11 is 0. The minimum atomic E-state index is 0.190. The molecule has 0 aliphatic carbocycles. The van der Waals surface area contributed by atoms with E-state index in [0.717, 1.165) is 37.3 Å². The second-order valence-electron chi connectivity index (χ2n) is 5.16. The molecule has 0 spiro atoms. The first-order valence-electron chi connectivity index (χ1n) is 7.23. The number of aromatic nitrogens is 1. The number of ether oxygens (including phenoxy) is 2. The topological polar surface area (TPSA) is 57.4 Å². The van der Waals surface area contributed by atoms with Gasteiger partial charge in [-0.3, -0.25) is 4.98 Å². The van der Waals surface area contributed by atoms with Gasteiger partial charge in [0.25, 0.3) is 0 Å². The zero-order valence-corrected chi connectivity index (χ0v) is 11.7. The summed E-state index contributed by atoms with van der Waals surface area (Å²) in [6.07, 6.45) is 7.31. The Labute approximate surface area is 115 Å². The van der Waals surface area contributed by atoms with Gasteiger partial charge < -0.3 is 15.2 Å². The fourth-order valence-electron chi connectivity index (χ4n) is 2.16. The standard InChI is InChI=1S/C15H24N2O2/c1-2-12(16)9-13-6-7-14(10-17-13)19-11-15-5-3-4-8-18-15/h6-7,10,12,15H,2-5,8-9,11,16H2,1H3. The summed E-state index contributed by atoms with van der Waals surface area (Å²) in [6, 6.07) is 4.15. The molecule has 2 rings (SSSR count). The number of pyridine rings is 1.